The summed E-state index contributed by atoms with van der Waals surface area (Å²) in [6.07, 6.45) is -3.38. The lowest BCUT2D eigenvalue weighted by molar-refractivity contribution is -0.389. The standard InChI is InChI=1S/C8H5F3N2O4/c1-17-8(14)3-2-4(13(15)16)12-6(5(3)9)7(10)11/h2,7H,1H3. The molecule has 0 aliphatic heterocycles. The largest absolute Gasteiger partial charge is 0.465 e. The molecule has 6 nitrogen and oxygen atoms in total. The Bertz CT molecular complexity index is 478. The molecular weight excluding hydrogens is 245 g/mol. The Hall–Kier alpha value is -2.19. The third-order valence-electron chi connectivity index (χ3n) is 1.77. The normalized spacial score (nSPS) is 10.4. The number of rotatable bonds is 3. The molecule has 0 aliphatic rings. The smallest absolute Gasteiger partial charge is 0.365 e. The van der Waals surface area contributed by atoms with Crippen LogP contribution in [0.1, 0.15) is 22.5 Å². The van der Waals surface area contributed by atoms with Crippen LogP contribution in [0, 0.1) is 15.9 Å². The maximum atomic E-state index is 13.3. The van der Waals surface area contributed by atoms with Gasteiger partial charge in [0.2, 0.25) is 0 Å². The zero-order valence-corrected chi connectivity index (χ0v) is 8.32. The van der Waals surface area contributed by atoms with Crippen LogP contribution in [-0.4, -0.2) is 23.0 Å². The summed E-state index contributed by atoms with van der Waals surface area (Å²) in [5.41, 5.74) is -2.41. The van der Waals surface area contributed by atoms with Crippen molar-refractivity contribution in [3.63, 3.8) is 0 Å². The molecule has 0 spiro atoms. The number of hydrogen-bond donors (Lipinski definition) is 0. The molecule has 0 unspecified atom stereocenters. The second-order valence-corrected chi connectivity index (χ2v) is 2.78. The Kier molecular flexibility index (Phi) is 3.61. The number of hydrogen-bond acceptors (Lipinski definition) is 5. The first-order chi connectivity index (χ1) is 7.88. The number of halogens is 3. The van der Waals surface area contributed by atoms with Crippen LogP contribution in [0.2, 0.25) is 0 Å². The second kappa shape index (κ2) is 4.76. The van der Waals surface area contributed by atoms with Gasteiger partial charge in [0.1, 0.15) is 5.56 Å². The van der Waals surface area contributed by atoms with Gasteiger partial charge in [-0.05, 0) is 9.91 Å². The molecule has 9 heteroatoms. The van der Waals surface area contributed by atoms with E-state index in [1.807, 2.05) is 0 Å². The number of aromatic nitrogens is 1. The first-order valence-corrected chi connectivity index (χ1v) is 4.09. The number of carbonyl (C=O) groups is 1. The number of alkyl halides is 2. The molecule has 1 aromatic rings. The highest BCUT2D eigenvalue weighted by Crippen LogP contribution is 2.26. The van der Waals surface area contributed by atoms with E-state index in [1.165, 1.54) is 0 Å². The topological polar surface area (TPSA) is 82.3 Å². The highest BCUT2D eigenvalue weighted by molar-refractivity contribution is 5.90. The lowest BCUT2D eigenvalue weighted by Gasteiger charge is -2.03. The SMILES string of the molecule is COC(=O)c1cc([N+](=O)[O-])nc(C(F)F)c1F. The van der Waals surface area contributed by atoms with Gasteiger partial charge in [-0.1, -0.05) is 0 Å². The predicted octanol–water partition coefficient (Wildman–Crippen LogP) is 1.85. The predicted molar refractivity (Wildman–Crippen MR) is 47.1 cm³/mol. The van der Waals surface area contributed by atoms with Crippen LogP contribution in [0.3, 0.4) is 0 Å². The van der Waals surface area contributed by atoms with Crippen LogP contribution in [0.5, 0.6) is 0 Å². The van der Waals surface area contributed by atoms with Gasteiger partial charge in [0.05, 0.1) is 13.2 Å². The molecular formula is C8H5F3N2O4. The molecule has 0 aliphatic carbocycles. The summed E-state index contributed by atoms with van der Waals surface area (Å²) >= 11 is 0. The summed E-state index contributed by atoms with van der Waals surface area (Å²) in [5.74, 6) is -3.98. The maximum absolute atomic E-state index is 13.3. The molecule has 0 amide bonds. The van der Waals surface area contributed by atoms with E-state index < -0.39 is 40.2 Å². The van der Waals surface area contributed by atoms with Crippen molar-refractivity contribution in [1.82, 2.24) is 4.98 Å². The Morgan fingerprint density at radius 2 is 2.18 bits per heavy atom. The number of nitro groups is 1. The lowest BCUT2D eigenvalue weighted by Crippen LogP contribution is -2.10. The quantitative estimate of drug-likeness (QED) is 0.464. The van der Waals surface area contributed by atoms with Gasteiger partial charge in [-0.2, -0.15) is 0 Å². The van der Waals surface area contributed by atoms with Crippen molar-refractivity contribution in [3.05, 3.63) is 33.3 Å². The van der Waals surface area contributed by atoms with Crippen LogP contribution in [0.4, 0.5) is 19.0 Å². The minimum Gasteiger partial charge on any atom is -0.465 e. The third-order valence-corrected chi connectivity index (χ3v) is 1.77. The van der Waals surface area contributed by atoms with Crippen molar-refractivity contribution >= 4 is 11.8 Å². The van der Waals surface area contributed by atoms with Crippen molar-refractivity contribution in [2.75, 3.05) is 7.11 Å². The van der Waals surface area contributed by atoms with Crippen LogP contribution < -0.4 is 0 Å². The maximum Gasteiger partial charge on any atom is 0.365 e. The van der Waals surface area contributed by atoms with Crippen LogP contribution in [-0.2, 0) is 4.74 Å². The number of methoxy groups -OCH3 is 1. The Labute approximate surface area is 92.2 Å². The molecule has 17 heavy (non-hydrogen) atoms. The van der Waals surface area contributed by atoms with Gasteiger partial charge < -0.3 is 14.9 Å². The Morgan fingerprint density at radius 3 is 2.59 bits per heavy atom. The van der Waals surface area contributed by atoms with Crippen LogP contribution >= 0.6 is 0 Å². The van der Waals surface area contributed by atoms with E-state index in [2.05, 4.69) is 9.72 Å². The summed E-state index contributed by atoms with van der Waals surface area (Å²) in [6, 6.07) is 0.438. The molecule has 92 valence electrons. The molecule has 0 aromatic carbocycles. The van der Waals surface area contributed by atoms with Gasteiger partial charge in [0, 0.05) is 0 Å². The average molecular weight is 250 g/mol. The van der Waals surface area contributed by atoms with Gasteiger partial charge in [-0.15, -0.1) is 0 Å². The molecule has 0 N–H and O–H groups in total. The van der Waals surface area contributed by atoms with Crippen molar-refractivity contribution in [3.8, 4) is 0 Å². The first kappa shape index (κ1) is 12.9. The summed E-state index contributed by atoms with van der Waals surface area (Å²) in [5, 5.41) is 10.4. The molecule has 0 saturated heterocycles. The van der Waals surface area contributed by atoms with E-state index in [-0.39, 0.29) is 0 Å². The van der Waals surface area contributed by atoms with E-state index >= 15 is 0 Å². The van der Waals surface area contributed by atoms with Crippen molar-refractivity contribution in [2.45, 2.75) is 6.43 Å². The minimum atomic E-state index is -3.38. The molecule has 0 bridgehead atoms. The van der Waals surface area contributed by atoms with Crippen LogP contribution in [0.15, 0.2) is 6.07 Å². The number of ether oxygens (including phenoxy) is 1. The summed E-state index contributed by atoms with van der Waals surface area (Å²) in [7, 11) is 0.885. The van der Waals surface area contributed by atoms with Crippen molar-refractivity contribution in [1.29, 1.82) is 0 Å². The molecule has 0 fully saturated rings. The Morgan fingerprint density at radius 1 is 1.59 bits per heavy atom. The van der Waals surface area contributed by atoms with Gasteiger partial charge >= 0.3 is 18.2 Å². The number of nitrogens with zero attached hydrogens (tertiary/aromatic N) is 2. The highest BCUT2D eigenvalue weighted by atomic mass is 19.3. The first-order valence-electron chi connectivity index (χ1n) is 4.09. The van der Waals surface area contributed by atoms with Gasteiger partial charge in [0.15, 0.2) is 5.82 Å². The zero-order chi connectivity index (χ0) is 13.2. The van der Waals surface area contributed by atoms with Gasteiger partial charge in [-0.25, -0.2) is 18.0 Å². The van der Waals surface area contributed by atoms with Crippen molar-refractivity contribution in [2.24, 2.45) is 0 Å². The average Bonchev–Trinajstić information content (AvgIpc) is 2.27. The van der Waals surface area contributed by atoms with Crippen LogP contribution in [0.25, 0.3) is 0 Å². The number of carbonyl (C=O) groups excluding carboxylic acids is 1. The van der Waals surface area contributed by atoms with E-state index in [0.29, 0.717) is 6.07 Å². The molecule has 0 saturated carbocycles. The fourth-order valence-corrected chi connectivity index (χ4v) is 1.03. The lowest BCUT2D eigenvalue weighted by atomic mass is 10.2. The van der Waals surface area contributed by atoms with E-state index in [9.17, 15) is 28.1 Å². The molecule has 1 rings (SSSR count). The van der Waals surface area contributed by atoms with E-state index in [1.54, 1.807) is 0 Å². The second-order valence-electron chi connectivity index (χ2n) is 2.78. The molecule has 1 aromatic heterocycles. The van der Waals surface area contributed by atoms with E-state index in [0.717, 1.165) is 7.11 Å². The minimum absolute atomic E-state index is 0.438. The monoisotopic (exact) mass is 250 g/mol. The molecule has 0 atom stereocenters. The van der Waals surface area contributed by atoms with Crippen molar-refractivity contribution < 1.29 is 27.6 Å². The molecule has 0 radical (unpaired) electrons. The zero-order valence-electron chi connectivity index (χ0n) is 8.32. The van der Waals surface area contributed by atoms with Gasteiger partial charge in [0.25, 0.3) is 5.69 Å². The number of esters is 1. The summed E-state index contributed by atoms with van der Waals surface area (Å²) in [4.78, 5) is 23.1. The summed E-state index contributed by atoms with van der Waals surface area (Å²) < 4.78 is 42.1. The third kappa shape index (κ3) is 2.49. The fourth-order valence-electron chi connectivity index (χ4n) is 1.03. The highest BCUT2D eigenvalue weighted by Gasteiger charge is 2.30. The molecule has 1 heterocycles. The summed E-state index contributed by atoms with van der Waals surface area (Å²) in [6.45, 7) is 0. The van der Waals surface area contributed by atoms with E-state index in [4.69, 9.17) is 0 Å². The Balaban J connectivity index is 3.48. The number of pyridine rings is 1. The fraction of sp³-hybridized carbons (Fsp3) is 0.250. The van der Waals surface area contributed by atoms with Gasteiger partial charge in [-0.3, -0.25) is 0 Å².